The molecule has 1 aromatic heterocycles. The predicted octanol–water partition coefficient (Wildman–Crippen LogP) is 2.58. The number of carbonyl (C=O) groups is 1. The van der Waals surface area contributed by atoms with Crippen LogP contribution in [0.25, 0.3) is 5.69 Å². The summed E-state index contributed by atoms with van der Waals surface area (Å²) in [6.45, 7) is 0. The van der Waals surface area contributed by atoms with Gasteiger partial charge in [-0.2, -0.15) is 0 Å². The first kappa shape index (κ1) is 13.7. The minimum Gasteiger partial charge on any atom is -0.373 e. The lowest BCUT2D eigenvalue weighted by molar-refractivity contribution is 0.0836. The van der Waals surface area contributed by atoms with Crippen molar-refractivity contribution in [3.63, 3.8) is 0 Å². The molecule has 0 saturated carbocycles. The summed E-state index contributed by atoms with van der Waals surface area (Å²) in [6, 6.07) is 9.76. The van der Waals surface area contributed by atoms with E-state index in [1.54, 1.807) is 10.8 Å². The third-order valence-corrected chi connectivity index (χ3v) is 4.75. The van der Waals surface area contributed by atoms with Crippen LogP contribution in [0.1, 0.15) is 29.8 Å². The standard InChI is InChI=1S/C16H17N3O2S/c20-15(18-12-8-11-6-7-14(12)21-11)13-9-17-16(22)19(13)10-4-2-1-3-5-10/h1-5,9,11-12,14H,6-8H2,(H,17,22)(H,18,20)/t11-,12+,14-/m1/s1. The molecule has 0 spiro atoms. The topological polar surface area (TPSA) is 59.0 Å². The molecule has 2 N–H and O–H groups in total. The first-order valence-electron chi connectivity index (χ1n) is 7.54. The number of benzene rings is 1. The molecule has 2 aliphatic rings. The van der Waals surface area contributed by atoms with Gasteiger partial charge in [0.25, 0.3) is 5.91 Å². The van der Waals surface area contributed by atoms with Crippen molar-refractivity contribution in [2.24, 2.45) is 0 Å². The second-order valence-corrected chi connectivity index (χ2v) is 6.23. The van der Waals surface area contributed by atoms with Gasteiger partial charge in [0.2, 0.25) is 0 Å². The highest BCUT2D eigenvalue weighted by molar-refractivity contribution is 7.71. The van der Waals surface area contributed by atoms with Gasteiger partial charge in [0.15, 0.2) is 4.77 Å². The molecule has 2 aromatic rings. The van der Waals surface area contributed by atoms with Crippen molar-refractivity contribution < 1.29 is 9.53 Å². The molecule has 0 unspecified atom stereocenters. The molecule has 2 bridgehead atoms. The molecule has 1 aromatic carbocycles. The minimum atomic E-state index is -0.114. The average molecular weight is 315 g/mol. The van der Waals surface area contributed by atoms with Crippen LogP contribution in [0.5, 0.6) is 0 Å². The smallest absolute Gasteiger partial charge is 0.270 e. The van der Waals surface area contributed by atoms with Crippen LogP contribution in [0.4, 0.5) is 0 Å². The molecule has 22 heavy (non-hydrogen) atoms. The molecule has 3 atom stereocenters. The Labute approximate surface area is 133 Å². The summed E-state index contributed by atoms with van der Waals surface area (Å²) in [7, 11) is 0. The number of para-hydroxylation sites is 1. The fourth-order valence-electron chi connectivity index (χ4n) is 3.40. The number of fused-ring (bicyclic) bond motifs is 2. The molecule has 0 radical (unpaired) electrons. The Bertz CT molecular complexity index is 752. The molecule has 2 aliphatic heterocycles. The van der Waals surface area contributed by atoms with E-state index in [1.807, 2.05) is 30.3 Å². The van der Waals surface area contributed by atoms with Crippen LogP contribution in [0.2, 0.25) is 0 Å². The maximum atomic E-state index is 12.6. The first-order chi connectivity index (χ1) is 10.7. The largest absolute Gasteiger partial charge is 0.373 e. The Kier molecular flexibility index (Phi) is 3.35. The van der Waals surface area contributed by atoms with Gasteiger partial charge in [0.05, 0.1) is 18.2 Å². The molecule has 0 aliphatic carbocycles. The average Bonchev–Trinajstić information content (AvgIpc) is 3.23. The molecule has 2 saturated heterocycles. The van der Waals surface area contributed by atoms with Crippen molar-refractivity contribution in [3.8, 4) is 5.69 Å². The summed E-state index contributed by atoms with van der Waals surface area (Å²) in [5.41, 5.74) is 1.40. The van der Waals surface area contributed by atoms with Crippen LogP contribution in [0, 0.1) is 4.77 Å². The van der Waals surface area contributed by atoms with Crippen LogP contribution in [-0.4, -0.2) is 33.7 Å². The van der Waals surface area contributed by atoms with Gasteiger partial charge in [-0.3, -0.25) is 9.36 Å². The van der Waals surface area contributed by atoms with Gasteiger partial charge in [-0.05, 0) is 43.6 Å². The van der Waals surface area contributed by atoms with Crippen LogP contribution < -0.4 is 5.32 Å². The van der Waals surface area contributed by atoms with Crippen LogP contribution in [0.15, 0.2) is 36.5 Å². The lowest BCUT2D eigenvalue weighted by Crippen LogP contribution is -2.41. The minimum absolute atomic E-state index is 0.110. The summed E-state index contributed by atoms with van der Waals surface area (Å²) >= 11 is 5.31. The van der Waals surface area contributed by atoms with Crippen molar-refractivity contribution in [1.82, 2.24) is 14.9 Å². The van der Waals surface area contributed by atoms with Crippen molar-refractivity contribution >= 4 is 18.1 Å². The van der Waals surface area contributed by atoms with E-state index in [1.165, 1.54) is 0 Å². The van der Waals surface area contributed by atoms with E-state index in [9.17, 15) is 4.79 Å². The zero-order valence-electron chi connectivity index (χ0n) is 12.0. The van der Waals surface area contributed by atoms with Crippen molar-refractivity contribution in [2.75, 3.05) is 0 Å². The van der Waals surface area contributed by atoms with E-state index in [-0.39, 0.29) is 18.1 Å². The van der Waals surface area contributed by atoms with Gasteiger partial charge < -0.3 is 15.0 Å². The van der Waals surface area contributed by atoms with E-state index < -0.39 is 0 Å². The number of aromatic nitrogens is 2. The summed E-state index contributed by atoms with van der Waals surface area (Å²) in [5.74, 6) is -0.114. The van der Waals surface area contributed by atoms with Crippen LogP contribution in [0.3, 0.4) is 0 Å². The Morgan fingerprint density at radius 3 is 2.82 bits per heavy atom. The summed E-state index contributed by atoms with van der Waals surface area (Å²) < 4.78 is 8.07. The third kappa shape index (κ3) is 2.28. The zero-order chi connectivity index (χ0) is 15.1. The van der Waals surface area contributed by atoms with E-state index >= 15 is 0 Å². The highest BCUT2D eigenvalue weighted by Gasteiger charge is 2.41. The number of ether oxygens (including phenoxy) is 1. The molecule has 1 amide bonds. The van der Waals surface area contributed by atoms with Crippen molar-refractivity contribution in [3.05, 3.63) is 47.0 Å². The molecule has 4 rings (SSSR count). The SMILES string of the molecule is O=C(N[C@H]1C[C@H]2CC[C@H]1O2)c1c[nH]c(=S)n1-c1ccccc1. The lowest BCUT2D eigenvalue weighted by Gasteiger charge is -2.20. The lowest BCUT2D eigenvalue weighted by atomic mass is 9.95. The highest BCUT2D eigenvalue weighted by Crippen LogP contribution is 2.34. The molecule has 2 fully saturated rings. The maximum Gasteiger partial charge on any atom is 0.270 e. The number of hydrogen-bond acceptors (Lipinski definition) is 3. The Balaban J connectivity index is 1.60. The number of H-pyrrole nitrogens is 1. The van der Waals surface area contributed by atoms with E-state index in [4.69, 9.17) is 17.0 Å². The second-order valence-electron chi connectivity index (χ2n) is 5.84. The van der Waals surface area contributed by atoms with Crippen LogP contribution >= 0.6 is 12.2 Å². The summed E-state index contributed by atoms with van der Waals surface area (Å²) in [5, 5.41) is 3.10. The molecular formula is C16H17N3O2S. The van der Waals surface area contributed by atoms with Gasteiger partial charge in [0.1, 0.15) is 5.69 Å². The summed E-state index contributed by atoms with van der Waals surface area (Å²) in [6.07, 6.45) is 5.21. The molecule has 3 heterocycles. The molecule has 5 nitrogen and oxygen atoms in total. The first-order valence-corrected chi connectivity index (χ1v) is 7.95. The Hall–Kier alpha value is -1.92. The fourth-order valence-corrected chi connectivity index (χ4v) is 3.66. The van der Waals surface area contributed by atoms with Gasteiger partial charge >= 0.3 is 0 Å². The molecular weight excluding hydrogens is 298 g/mol. The number of hydrogen-bond donors (Lipinski definition) is 2. The molecule has 6 heteroatoms. The van der Waals surface area contributed by atoms with Gasteiger partial charge in [-0.25, -0.2) is 0 Å². The number of nitrogens with zero attached hydrogens (tertiary/aromatic N) is 1. The summed E-state index contributed by atoms with van der Waals surface area (Å²) in [4.78, 5) is 15.6. The Morgan fingerprint density at radius 2 is 2.14 bits per heavy atom. The predicted molar refractivity (Wildman–Crippen MR) is 84.7 cm³/mol. The van der Waals surface area contributed by atoms with E-state index in [0.717, 1.165) is 24.9 Å². The Morgan fingerprint density at radius 1 is 1.32 bits per heavy atom. The highest BCUT2D eigenvalue weighted by atomic mass is 32.1. The quantitative estimate of drug-likeness (QED) is 0.856. The second kappa shape index (κ2) is 5.37. The van der Waals surface area contributed by atoms with Gasteiger partial charge in [0, 0.05) is 11.9 Å². The number of amides is 1. The monoisotopic (exact) mass is 315 g/mol. The number of rotatable bonds is 3. The van der Waals surface area contributed by atoms with Crippen LogP contribution in [-0.2, 0) is 4.74 Å². The number of aromatic amines is 1. The van der Waals surface area contributed by atoms with E-state index in [0.29, 0.717) is 16.6 Å². The van der Waals surface area contributed by atoms with Crippen molar-refractivity contribution in [1.29, 1.82) is 0 Å². The number of nitrogens with one attached hydrogen (secondary N) is 2. The number of carbonyl (C=O) groups excluding carboxylic acids is 1. The fraction of sp³-hybridized carbons (Fsp3) is 0.375. The number of imidazole rings is 1. The third-order valence-electron chi connectivity index (χ3n) is 4.45. The van der Waals surface area contributed by atoms with Gasteiger partial charge in [-0.1, -0.05) is 18.2 Å². The van der Waals surface area contributed by atoms with Crippen molar-refractivity contribution in [2.45, 2.75) is 37.5 Å². The maximum absolute atomic E-state index is 12.6. The van der Waals surface area contributed by atoms with E-state index in [2.05, 4.69) is 10.3 Å². The molecule has 114 valence electrons. The normalized spacial score (nSPS) is 26.3. The zero-order valence-corrected chi connectivity index (χ0v) is 12.8. The van der Waals surface area contributed by atoms with Gasteiger partial charge in [-0.15, -0.1) is 0 Å².